The van der Waals surface area contributed by atoms with E-state index in [1.165, 1.54) is 12.1 Å². The number of fused-ring (bicyclic) bond motifs is 1. The number of rotatable bonds is 3. The van der Waals surface area contributed by atoms with Crippen LogP contribution in [0.15, 0.2) is 24.3 Å². The topological polar surface area (TPSA) is 76.3 Å². The van der Waals surface area contributed by atoms with Crippen LogP contribution >= 0.6 is 0 Å². The van der Waals surface area contributed by atoms with Crippen molar-refractivity contribution in [2.45, 2.75) is 32.1 Å². The fourth-order valence-corrected chi connectivity index (χ4v) is 3.97. The second-order valence-electron chi connectivity index (χ2n) is 7.57. The second-order valence-corrected chi connectivity index (χ2v) is 7.57. The molecule has 1 aromatic heterocycles. The van der Waals surface area contributed by atoms with Crippen LogP contribution in [0, 0.1) is 17.7 Å². The molecule has 1 aromatic carbocycles. The fraction of sp³-hybridized carbons (Fsp3) is 0.450. The van der Waals surface area contributed by atoms with Gasteiger partial charge in [-0.15, -0.1) is 0 Å². The van der Waals surface area contributed by atoms with Crippen LogP contribution in [0.5, 0.6) is 0 Å². The van der Waals surface area contributed by atoms with Crippen LogP contribution in [0.4, 0.5) is 4.39 Å². The van der Waals surface area contributed by atoms with E-state index in [1.54, 1.807) is 12.1 Å². The molecule has 0 spiro atoms. The average Bonchev–Trinajstić information content (AvgIpc) is 3.36. The molecule has 2 N–H and O–H groups in total. The predicted octanol–water partition coefficient (Wildman–Crippen LogP) is 2.83. The SMILES string of the molecule is C[C@@H]1C[C@H]1C(=O)N1CCC[C@@H](c2nc3ccc(F)cc3cc2C(N)=O)C1. The van der Waals surface area contributed by atoms with E-state index in [-0.39, 0.29) is 23.6 Å². The largest absolute Gasteiger partial charge is 0.366 e. The van der Waals surface area contributed by atoms with Gasteiger partial charge in [-0.3, -0.25) is 14.6 Å². The van der Waals surface area contributed by atoms with Crippen LogP contribution in [0.2, 0.25) is 0 Å². The maximum Gasteiger partial charge on any atom is 0.250 e. The molecule has 1 saturated carbocycles. The Bertz CT molecular complexity index is 898. The zero-order valence-corrected chi connectivity index (χ0v) is 14.7. The van der Waals surface area contributed by atoms with Crippen molar-refractivity contribution in [1.82, 2.24) is 9.88 Å². The lowest BCUT2D eigenvalue weighted by atomic mass is 9.90. The van der Waals surface area contributed by atoms with Crippen molar-refractivity contribution < 1.29 is 14.0 Å². The van der Waals surface area contributed by atoms with Crippen molar-refractivity contribution in [3.63, 3.8) is 0 Å². The van der Waals surface area contributed by atoms with Gasteiger partial charge in [0, 0.05) is 30.3 Å². The third-order valence-corrected chi connectivity index (χ3v) is 5.62. The monoisotopic (exact) mass is 355 g/mol. The van der Waals surface area contributed by atoms with Gasteiger partial charge in [0.2, 0.25) is 5.91 Å². The number of pyridine rings is 1. The molecule has 1 aliphatic carbocycles. The zero-order valence-electron chi connectivity index (χ0n) is 14.7. The minimum absolute atomic E-state index is 0.0290. The van der Waals surface area contributed by atoms with Crippen LogP contribution in [-0.4, -0.2) is 34.8 Å². The Morgan fingerprint density at radius 2 is 2.08 bits per heavy atom. The summed E-state index contributed by atoms with van der Waals surface area (Å²) in [6.45, 7) is 3.41. The lowest BCUT2D eigenvalue weighted by Gasteiger charge is -2.33. The highest BCUT2D eigenvalue weighted by atomic mass is 19.1. The molecule has 26 heavy (non-hydrogen) atoms. The summed E-state index contributed by atoms with van der Waals surface area (Å²) in [5.74, 6) is -0.146. The number of hydrogen-bond donors (Lipinski definition) is 1. The Kier molecular flexibility index (Phi) is 4.13. The third-order valence-electron chi connectivity index (χ3n) is 5.62. The molecule has 0 radical (unpaired) electrons. The van der Waals surface area contributed by atoms with Crippen molar-refractivity contribution in [3.05, 3.63) is 41.3 Å². The van der Waals surface area contributed by atoms with Crippen LogP contribution in [-0.2, 0) is 4.79 Å². The summed E-state index contributed by atoms with van der Waals surface area (Å²) in [5, 5.41) is 0.554. The van der Waals surface area contributed by atoms with Gasteiger partial charge in [0.1, 0.15) is 5.82 Å². The normalized spacial score (nSPS) is 25.3. The van der Waals surface area contributed by atoms with Crippen molar-refractivity contribution >= 4 is 22.7 Å². The quantitative estimate of drug-likeness (QED) is 0.920. The van der Waals surface area contributed by atoms with Crippen molar-refractivity contribution in [2.24, 2.45) is 17.6 Å². The maximum absolute atomic E-state index is 13.5. The summed E-state index contributed by atoms with van der Waals surface area (Å²) in [6.07, 6.45) is 2.69. The van der Waals surface area contributed by atoms with Gasteiger partial charge in [-0.05, 0) is 49.4 Å². The number of piperidine rings is 1. The molecule has 2 aromatic rings. The fourth-order valence-electron chi connectivity index (χ4n) is 3.97. The van der Waals surface area contributed by atoms with Crippen molar-refractivity contribution in [2.75, 3.05) is 13.1 Å². The first-order valence-electron chi connectivity index (χ1n) is 9.13. The maximum atomic E-state index is 13.5. The summed E-state index contributed by atoms with van der Waals surface area (Å²) >= 11 is 0. The highest BCUT2D eigenvalue weighted by molar-refractivity contribution is 5.98. The summed E-state index contributed by atoms with van der Waals surface area (Å²) in [4.78, 5) is 31.1. The number of nitrogens with zero attached hydrogens (tertiary/aromatic N) is 2. The first kappa shape index (κ1) is 16.9. The van der Waals surface area contributed by atoms with Crippen LogP contribution in [0.3, 0.4) is 0 Å². The van der Waals surface area contributed by atoms with Gasteiger partial charge in [-0.1, -0.05) is 6.92 Å². The van der Waals surface area contributed by atoms with Crippen LogP contribution < -0.4 is 5.73 Å². The van der Waals surface area contributed by atoms with E-state index in [9.17, 15) is 14.0 Å². The minimum atomic E-state index is -0.571. The number of benzene rings is 1. The second kappa shape index (κ2) is 6.34. The van der Waals surface area contributed by atoms with E-state index >= 15 is 0 Å². The van der Waals surface area contributed by atoms with Gasteiger partial charge in [-0.2, -0.15) is 0 Å². The molecule has 1 saturated heterocycles. The van der Waals surface area contributed by atoms with Gasteiger partial charge < -0.3 is 10.6 Å². The third kappa shape index (κ3) is 3.04. The van der Waals surface area contributed by atoms with Crippen molar-refractivity contribution in [1.29, 1.82) is 0 Å². The molecule has 6 heteroatoms. The number of aromatic nitrogens is 1. The minimum Gasteiger partial charge on any atom is -0.366 e. The molecule has 2 aliphatic rings. The average molecular weight is 355 g/mol. The summed E-state index contributed by atoms with van der Waals surface area (Å²) in [5.41, 5.74) is 7.14. The van der Waals surface area contributed by atoms with E-state index in [0.717, 1.165) is 25.8 Å². The first-order chi connectivity index (χ1) is 12.4. The van der Waals surface area contributed by atoms with Gasteiger partial charge in [0.25, 0.3) is 5.91 Å². The summed E-state index contributed by atoms with van der Waals surface area (Å²) in [6, 6.07) is 5.93. The smallest absolute Gasteiger partial charge is 0.250 e. The highest BCUT2D eigenvalue weighted by Crippen LogP contribution is 2.40. The van der Waals surface area contributed by atoms with E-state index in [2.05, 4.69) is 11.9 Å². The predicted molar refractivity (Wildman–Crippen MR) is 96.0 cm³/mol. The molecule has 0 bridgehead atoms. The van der Waals surface area contributed by atoms with E-state index < -0.39 is 5.91 Å². The number of likely N-dealkylation sites (tertiary alicyclic amines) is 1. The van der Waals surface area contributed by atoms with Gasteiger partial charge in [0.05, 0.1) is 16.8 Å². The summed E-state index contributed by atoms with van der Waals surface area (Å²) < 4.78 is 13.5. The van der Waals surface area contributed by atoms with E-state index in [1.807, 2.05) is 4.90 Å². The van der Waals surface area contributed by atoms with Gasteiger partial charge >= 0.3 is 0 Å². The molecule has 0 unspecified atom stereocenters. The molecular formula is C20H22FN3O2. The zero-order chi connectivity index (χ0) is 18.4. The standard InChI is InChI=1S/C20H22FN3O2/c1-11-7-15(11)20(26)24-6-2-3-12(10-24)18-16(19(22)25)9-13-8-14(21)4-5-17(13)23-18/h4-5,8-9,11-12,15H,2-3,6-7,10H2,1H3,(H2,22,25)/t11-,12-,15-/m1/s1. The number of carbonyl (C=O) groups is 2. The molecule has 5 nitrogen and oxygen atoms in total. The molecule has 3 atom stereocenters. The number of halogens is 1. The molecule has 1 aliphatic heterocycles. The Balaban J connectivity index is 1.68. The van der Waals surface area contributed by atoms with Crippen LogP contribution in [0.1, 0.15) is 48.2 Å². The number of primary amides is 1. The molecular weight excluding hydrogens is 333 g/mol. The van der Waals surface area contributed by atoms with E-state index in [4.69, 9.17) is 5.73 Å². The Labute approximate surface area is 151 Å². The molecule has 2 fully saturated rings. The molecule has 2 amide bonds. The van der Waals surface area contributed by atoms with Gasteiger partial charge in [0.15, 0.2) is 0 Å². The number of amides is 2. The van der Waals surface area contributed by atoms with E-state index in [0.29, 0.717) is 34.6 Å². The number of nitrogens with two attached hydrogens (primary N) is 1. The highest BCUT2D eigenvalue weighted by Gasteiger charge is 2.42. The lowest BCUT2D eigenvalue weighted by molar-refractivity contribution is -0.134. The molecule has 2 heterocycles. The molecule has 136 valence electrons. The Hall–Kier alpha value is -2.50. The Morgan fingerprint density at radius 3 is 2.77 bits per heavy atom. The van der Waals surface area contributed by atoms with Crippen molar-refractivity contribution in [3.8, 4) is 0 Å². The first-order valence-corrected chi connectivity index (χ1v) is 9.13. The summed E-state index contributed by atoms with van der Waals surface area (Å²) in [7, 11) is 0. The van der Waals surface area contributed by atoms with Crippen LogP contribution in [0.25, 0.3) is 10.9 Å². The lowest BCUT2D eigenvalue weighted by Crippen LogP contribution is -2.40. The van der Waals surface area contributed by atoms with Gasteiger partial charge in [-0.25, -0.2) is 4.39 Å². The number of hydrogen-bond acceptors (Lipinski definition) is 3. The Morgan fingerprint density at radius 1 is 1.31 bits per heavy atom. The number of carbonyl (C=O) groups excluding carboxylic acids is 2. The molecule has 4 rings (SSSR count).